The molecule has 1 aliphatic carbocycles. The fourth-order valence-corrected chi connectivity index (χ4v) is 6.75. The molecule has 40 heavy (non-hydrogen) atoms. The van der Waals surface area contributed by atoms with Crippen molar-refractivity contribution in [1.29, 1.82) is 0 Å². The van der Waals surface area contributed by atoms with Crippen LogP contribution in [0.25, 0.3) is 0 Å². The molecule has 2 aliphatic heterocycles. The molecule has 2 aromatic carbocycles. The van der Waals surface area contributed by atoms with E-state index in [1.54, 1.807) is 6.08 Å². The summed E-state index contributed by atoms with van der Waals surface area (Å²) in [6, 6.07) is 16.6. The molecule has 0 saturated carbocycles. The molecule has 5 nitrogen and oxygen atoms in total. The fraction of sp³-hybridized carbons (Fsp3) is 0.529. The predicted molar refractivity (Wildman–Crippen MR) is 162 cm³/mol. The Morgan fingerprint density at radius 1 is 0.975 bits per heavy atom. The van der Waals surface area contributed by atoms with Gasteiger partial charge in [0, 0.05) is 43.0 Å². The number of piperidine rings is 1. The number of hydrogen-bond acceptors (Lipinski definition) is 5. The van der Waals surface area contributed by atoms with Gasteiger partial charge in [-0.05, 0) is 78.5 Å². The Bertz CT molecular complexity index is 1200. The summed E-state index contributed by atoms with van der Waals surface area (Å²) in [6.45, 7) is 11.3. The zero-order valence-electron chi connectivity index (χ0n) is 24.4. The topological polar surface area (TPSA) is 59.0 Å². The minimum Gasteiger partial charge on any atom is -0.378 e. The van der Waals surface area contributed by atoms with E-state index in [0.29, 0.717) is 6.54 Å². The smallest absolute Gasteiger partial charge is 0.129 e. The van der Waals surface area contributed by atoms with Crippen LogP contribution in [0, 0.1) is 17.8 Å². The van der Waals surface area contributed by atoms with Crippen LogP contribution < -0.4 is 10.2 Å². The van der Waals surface area contributed by atoms with Gasteiger partial charge in [-0.2, -0.15) is 0 Å². The minimum absolute atomic E-state index is 0.00324. The highest BCUT2D eigenvalue weighted by Gasteiger charge is 2.43. The van der Waals surface area contributed by atoms with E-state index < -0.39 is 18.4 Å². The number of halogens is 1. The molecule has 0 spiro atoms. The predicted octanol–water partition coefficient (Wildman–Crippen LogP) is 6.76. The van der Waals surface area contributed by atoms with Crippen molar-refractivity contribution in [3.63, 3.8) is 0 Å². The fourth-order valence-electron chi connectivity index (χ4n) is 6.75. The molecular formula is C34H46FN3O2. The number of benzene rings is 2. The Balaban J connectivity index is 1.46. The number of nitrogens with one attached hydrogen (secondary N) is 1. The standard InChI is InChI=1S/C34H46FN3O2/c1-23-10-7-14-29(35)30(23)33(40)38-21-9-13-28(32(39)36-26-12-8-11-25(22-26)34(2,3)4)31(38)24-15-17-27(18-16-24)37-19-5-6-20-37/h7-8,10-12,14-18,22-23,28,30-33,36,39-40H,5-6,9,13,19-21H2,1-4H3/t23?,28-,30?,31?,32-,33?/m0/s1. The van der Waals surface area contributed by atoms with Crippen LogP contribution in [0.3, 0.4) is 0 Å². The number of rotatable bonds is 7. The van der Waals surface area contributed by atoms with Gasteiger partial charge in [-0.25, -0.2) is 4.39 Å². The normalized spacial score (nSPS) is 27.4. The molecule has 0 amide bonds. The third kappa shape index (κ3) is 6.14. The number of likely N-dealkylation sites (tertiary alicyclic amines) is 1. The first kappa shape index (κ1) is 28.8. The molecule has 4 unspecified atom stereocenters. The highest BCUT2D eigenvalue weighted by atomic mass is 19.1. The highest BCUT2D eigenvalue weighted by molar-refractivity contribution is 5.50. The van der Waals surface area contributed by atoms with Gasteiger partial charge in [-0.3, -0.25) is 4.90 Å². The van der Waals surface area contributed by atoms with E-state index in [9.17, 15) is 10.2 Å². The molecule has 0 bridgehead atoms. The van der Waals surface area contributed by atoms with Crippen molar-refractivity contribution >= 4 is 11.4 Å². The molecule has 2 saturated heterocycles. The SMILES string of the molecule is CC1C=CC=C(F)C1C(O)N1CCC[C@H]([C@H](O)Nc2cccc(C(C)(C)C)c2)C1c1ccc(N2CCCC2)cc1. The number of anilines is 2. The number of nitrogens with zero attached hydrogens (tertiary/aromatic N) is 2. The van der Waals surface area contributed by atoms with E-state index in [1.165, 1.54) is 30.2 Å². The molecule has 2 aromatic rings. The first-order valence-electron chi connectivity index (χ1n) is 15.0. The van der Waals surface area contributed by atoms with Crippen LogP contribution in [-0.4, -0.2) is 47.2 Å². The van der Waals surface area contributed by atoms with Gasteiger partial charge >= 0.3 is 0 Å². The zero-order valence-corrected chi connectivity index (χ0v) is 24.4. The number of hydrogen-bond donors (Lipinski definition) is 3. The molecule has 0 aromatic heterocycles. The second-order valence-electron chi connectivity index (χ2n) is 12.9. The lowest BCUT2D eigenvalue weighted by molar-refractivity contribution is -0.109. The van der Waals surface area contributed by atoms with E-state index in [4.69, 9.17) is 0 Å². The van der Waals surface area contributed by atoms with E-state index in [0.717, 1.165) is 37.2 Å². The summed E-state index contributed by atoms with van der Waals surface area (Å²) in [4.78, 5) is 4.44. The van der Waals surface area contributed by atoms with Gasteiger partial charge in [0.2, 0.25) is 0 Å². The van der Waals surface area contributed by atoms with Gasteiger partial charge in [0.1, 0.15) is 18.3 Å². The molecule has 6 heteroatoms. The highest BCUT2D eigenvalue weighted by Crippen LogP contribution is 2.43. The monoisotopic (exact) mass is 547 g/mol. The second-order valence-corrected chi connectivity index (χ2v) is 12.9. The van der Waals surface area contributed by atoms with Crippen LogP contribution in [0.4, 0.5) is 15.8 Å². The van der Waals surface area contributed by atoms with Gasteiger partial charge in [0.05, 0.1) is 5.92 Å². The van der Waals surface area contributed by atoms with Gasteiger partial charge < -0.3 is 20.4 Å². The maximum Gasteiger partial charge on any atom is 0.129 e. The molecule has 3 aliphatic rings. The summed E-state index contributed by atoms with van der Waals surface area (Å²) < 4.78 is 15.1. The van der Waals surface area contributed by atoms with Crippen LogP contribution in [-0.2, 0) is 5.41 Å². The van der Waals surface area contributed by atoms with Gasteiger partial charge in [-0.1, -0.05) is 64.1 Å². The summed E-state index contributed by atoms with van der Waals surface area (Å²) in [5.41, 5.74) is 4.32. The lowest BCUT2D eigenvalue weighted by atomic mass is 9.80. The van der Waals surface area contributed by atoms with Crippen LogP contribution in [0.15, 0.2) is 72.6 Å². The van der Waals surface area contributed by atoms with E-state index >= 15 is 4.39 Å². The largest absolute Gasteiger partial charge is 0.378 e. The molecular weight excluding hydrogens is 501 g/mol. The van der Waals surface area contributed by atoms with Crippen molar-refractivity contribution in [3.8, 4) is 0 Å². The summed E-state index contributed by atoms with van der Waals surface area (Å²) >= 11 is 0. The first-order valence-corrected chi connectivity index (χ1v) is 15.0. The van der Waals surface area contributed by atoms with Crippen LogP contribution in [0.1, 0.15) is 70.5 Å². The maximum atomic E-state index is 15.1. The Kier molecular flexibility index (Phi) is 8.69. The summed E-state index contributed by atoms with van der Waals surface area (Å²) in [6.07, 6.45) is 7.36. The molecule has 6 atom stereocenters. The van der Waals surface area contributed by atoms with Gasteiger partial charge in [0.15, 0.2) is 0 Å². The lowest BCUT2D eigenvalue weighted by Crippen LogP contribution is -2.52. The minimum atomic E-state index is -1.00. The number of aliphatic hydroxyl groups is 2. The Morgan fingerprint density at radius 2 is 1.70 bits per heavy atom. The average molecular weight is 548 g/mol. The maximum absolute atomic E-state index is 15.1. The molecule has 2 heterocycles. The van der Waals surface area contributed by atoms with Crippen molar-refractivity contribution in [3.05, 3.63) is 83.7 Å². The molecule has 216 valence electrons. The first-order chi connectivity index (χ1) is 19.1. The number of allylic oxidation sites excluding steroid dienone is 3. The molecule has 2 fully saturated rings. The molecule has 3 N–H and O–H groups in total. The van der Waals surface area contributed by atoms with Gasteiger partial charge in [0.25, 0.3) is 0 Å². The third-order valence-corrected chi connectivity index (χ3v) is 9.09. The third-order valence-electron chi connectivity index (χ3n) is 9.09. The van der Waals surface area contributed by atoms with E-state index in [-0.39, 0.29) is 29.1 Å². The zero-order chi connectivity index (χ0) is 28.4. The van der Waals surface area contributed by atoms with Crippen LogP contribution >= 0.6 is 0 Å². The number of aliphatic hydroxyl groups excluding tert-OH is 2. The second kappa shape index (κ2) is 12.1. The summed E-state index contributed by atoms with van der Waals surface area (Å²) in [5.74, 6) is -1.24. The Morgan fingerprint density at radius 3 is 2.38 bits per heavy atom. The van der Waals surface area contributed by atoms with E-state index in [2.05, 4.69) is 67.4 Å². The quantitative estimate of drug-likeness (QED) is 0.334. The van der Waals surface area contributed by atoms with E-state index in [1.807, 2.05) is 30.0 Å². The van der Waals surface area contributed by atoms with Crippen molar-refractivity contribution < 1.29 is 14.6 Å². The Labute approximate surface area is 239 Å². The van der Waals surface area contributed by atoms with Crippen molar-refractivity contribution in [2.45, 2.75) is 77.3 Å². The van der Waals surface area contributed by atoms with Gasteiger partial charge in [-0.15, -0.1) is 0 Å². The summed E-state index contributed by atoms with van der Waals surface area (Å²) in [7, 11) is 0. The van der Waals surface area contributed by atoms with Crippen molar-refractivity contribution in [2.24, 2.45) is 17.8 Å². The molecule has 5 rings (SSSR count). The summed E-state index contributed by atoms with van der Waals surface area (Å²) in [5, 5.41) is 26.8. The van der Waals surface area contributed by atoms with Crippen LogP contribution in [0.2, 0.25) is 0 Å². The Hall–Kier alpha value is -2.67. The average Bonchev–Trinajstić information content (AvgIpc) is 3.47. The molecule has 0 radical (unpaired) electrons. The van der Waals surface area contributed by atoms with Crippen molar-refractivity contribution in [2.75, 3.05) is 29.9 Å². The lowest BCUT2D eigenvalue weighted by Gasteiger charge is -2.48. The van der Waals surface area contributed by atoms with Crippen molar-refractivity contribution in [1.82, 2.24) is 4.90 Å². The van der Waals surface area contributed by atoms with Crippen LogP contribution in [0.5, 0.6) is 0 Å².